The number of hydrogen-bond acceptors (Lipinski definition) is 2. The Kier molecular flexibility index (Phi) is 3.85. The van der Waals surface area contributed by atoms with Crippen molar-refractivity contribution in [3.8, 4) is 5.75 Å². The second-order valence-corrected chi connectivity index (χ2v) is 8.71. The number of fused-ring (bicyclic) bond motifs is 4. The van der Waals surface area contributed by atoms with E-state index in [-0.39, 0.29) is 22.8 Å². The number of carbonyl (C=O) groups is 1. The number of rotatable bonds is 1. The minimum atomic E-state index is -0.108. The fraction of sp³-hybridized carbons (Fsp3) is 0.409. The van der Waals surface area contributed by atoms with Gasteiger partial charge in [0.1, 0.15) is 5.75 Å². The molecule has 4 rings (SSSR count). The Hall–Kier alpha value is -2.00. The molecule has 2 aromatic rings. The molecule has 0 radical (unpaired) electrons. The first-order valence-electron chi connectivity index (χ1n) is 9.14. The van der Waals surface area contributed by atoms with Crippen LogP contribution < -0.4 is 0 Å². The third kappa shape index (κ3) is 2.23. The Morgan fingerprint density at radius 1 is 1.15 bits per heavy atom. The highest BCUT2D eigenvalue weighted by molar-refractivity contribution is 6.33. The van der Waals surface area contributed by atoms with E-state index in [4.69, 9.17) is 11.6 Å². The predicted octanol–water partition coefficient (Wildman–Crippen LogP) is 4.80. The monoisotopic (exact) mass is 369 g/mol. The summed E-state index contributed by atoms with van der Waals surface area (Å²) in [6.07, 6.45) is 1.53. The first-order chi connectivity index (χ1) is 12.3. The number of carbonyl (C=O) groups excluding carboxylic acids is 1. The summed E-state index contributed by atoms with van der Waals surface area (Å²) in [5, 5.41) is 10.9. The summed E-state index contributed by atoms with van der Waals surface area (Å²) in [5.74, 6) is 0.316. The van der Waals surface area contributed by atoms with Crippen molar-refractivity contribution in [2.75, 3.05) is 6.54 Å². The van der Waals surface area contributed by atoms with Crippen molar-refractivity contribution in [1.29, 1.82) is 0 Å². The molecule has 1 N–H and O–H groups in total. The van der Waals surface area contributed by atoms with E-state index in [1.54, 1.807) is 18.2 Å². The van der Waals surface area contributed by atoms with Crippen LogP contribution in [0.25, 0.3) is 0 Å². The zero-order valence-corrected chi connectivity index (χ0v) is 16.2. The molecule has 0 unspecified atom stereocenters. The number of phenolic OH excluding ortho intramolecular Hbond substituents is 1. The number of aromatic hydroxyl groups is 1. The fourth-order valence-electron chi connectivity index (χ4n) is 4.96. The molecule has 3 nitrogen and oxygen atoms in total. The SMILES string of the molecule is CC1(C)[C@H]2Cc3c(O)cccc3[C@@]1(C)CCN2C(=O)c1ccccc1Cl. The first-order valence-corrected chi connectivity index (χ1v) is 9.52. The quantitative estimate of drug-likeness (QED) is 0.784. The zero-order valence-electron chi connectivity index (χ0n) is 15.4. The van der Waals surface area contributed by atoms with E-state index in [9.17, 15) is 9.90 Å². The highest BCUT2D eigenvalue weighted by Crippen LogP contribution is 2.57. The maximum atomic E-state index is 13.3. The van der Waals surface area contributed by atoms with Crippen LogP contribution in [0.15, 0.2) is 42.5 Å². The molecular weight excluding hydrogens is 346 g/mol. The van der Waals surface area contributed by atoms with E-state index >= 15 is 0 Å². The molecule has 2 bridgehead atoms. The number of piperidine rings is 1. The van der Waals surface area contributed by atoms with Gasteiger partial charge in [0.15, 0.2) is 0 Å². The molecule has 2 atom stereocenters. The minimum absolute atomic E-state index is 0.0189. The molecule has 136 valence electrons. The van der Waals surface area contributed by atoms with Gasteiger partial charge in [-0.2, -0.15) is 0 Å². The summed E-state index contributed by atoms with van der Waals surface area (Å²) in [5.41, 5.74) is 2.57. The van der Waals surface area contributed by atoms with Gasteiger partial charge in [0.05, 0.1) is 10.6 Å². The van der Waals surface area contributed by atoms with Gasteiger partial charge in [-0.25, -0.2) is 0 Å². The van der Waals surface area contributed by atoms with Gasteiger partial charge >= 0.3 is 0 Å². The summed E-state index contributed by atoms with van der Waals surface area (Å²) in [7, 11) is 0. The van der Waals surface area contributed by atoms with Crippen LogP contribution >= 0.6 is 11.6 Å². The molecular formula is C22H24ClNO2. The van der Waals surface area contributed by atoms with E-state index in [0.717, 1.165) is 12.0 Å². The smallest absolute Gasteiger partial charge is 0.255 e. The number of hydrogen-bond donors (Lipinski definition) is 1. The van der Waals surface area contributed by atoms with Gasteiger partial charge in [0, 0.05) is 18.0 Å². The molecule has 0 aromatic heterocycles. The van der Waals surface area contributed by atoms with Gasteiger partial charge in [-0.1, -0.05) is 56.6 Å². The van der Waals surface area contributed by atoms with Gasteiger partial charge in [-0.15, -0.1) is 0 Å². The van der Waals surface area contributed by atoms with Gasteiger partial charge in [0.2, 0.25) is 0 Å². The number of phenols is 1. The molecule has 1 amide bonds. The Labute approximate surface area is 159 Å². The summed E-state index contributed by atoms with van der Waals surface area (Å²) in [4.78, 5) is 15.3. The van der Waals surface area contributed by atoms with Crippen molar-refractivity contribution in [2.45, 2.75) is 45.1 Å². The fourth-order valence-corrected chi connectivity index (χ4v) is 5.17. The Morgan fingerprint density at radius 3 is 2.62 bits per heavy atom. The third-order valence-electron chi connectivity index (χ3n) is 6.99. The summed E-state index contributed by atoms with van der Waals surface area (Å²) in [6.45, 7) is 7.46. The van der Waals surface area contributed by atoms with Crippen LogP contribution in [0, 0.1) is 5.41 Å². The molecule has 4 heteroatoms. The maximum Gasteiger partial charge on any atom is 0.255 e. The predicted molar refractivity (Wildman–Crippen MR) is 104 cm³/mol. The lowest BCUT2D eigenvalue weighted by Gasteiger charge is -2.60. The van der Waals surface area contributed by atoms with E-state index in [1.165, 1.54) is 5.56 Å². The van der Waals surface area contributed by atoms with E-state index < -0.39 is 0 Å². The van der Waals surface area contributed by atoms with Crippen LogP contribution in [0.2, 0.25) is 5.02 Å². The Balaban J connectivity index is 1.81. The van der Waals surface area contributed by atoms with Crippen LogP contribution in [-0.4, -0.2) is 28.5 Å². The molecule has 1 heterocycles. The van der Waals surface area contributed by atoms with Crippen molar-refractivity contribution >= 4 is 17.5 Å². The summed E-state index contributed by atoms with van der Waals surface area (Å²) >= 11 is 6.29. The summed E-state index contributed by atoms with van der Waals surface area (Å²) in [6, 6.07) is 13.1. The largest absolute Gasteiger partial charge is 0.508 e. The molecule has 1 aliphatic carbocycles. The van der Waals surface area contributed by atoms with Crippen molar-refractivity contribution < 1.29 is 9.90 Å². The minimum Gasteiger partial charge on any atom is -0.508 e. The standard InChI is InChI=1S/C22H24ClNO2/c1-21(2)19-13-15-16(8-6-10-18(15)25)22(21,3)11-12-24(19)20(26)14-7-4-5-9-17(14)23/h4-10,19,25H,11-13H2,1-3H3/t19-,22-/m1/s1. The topological polar surface area (TPSA) is 40.5 Å². The third-order valence-corrected chi connectivity index (χ3v) is 7.32. The van der Waals surface area contributed by atoms with Gasteiger partial charge in [0.25, 0.3) is 5.91 Å². The maximum absolute atomic E-state index is 13.3. The number of nitrogens with zero attached hydrogens (tertiary/aromatic N) is 1. The molecule has 26 heavy (non-hydrogen) atoms. The molecule has 1 saturated heterocycles. The lowest BCUT2D eigenvalue weighted by molar-refractivity contribution is -0.0266. The van der Waals surface area contributed by atoms with Crippen LogP contribution in [-0.2, 0) is 11.8 Å². The van der Waals surface area contributed by atoms with Crippen LogP contribution in [0.5, 0.6) is 5.75 Å². The highest BCUT2D eigenvalue weighted by atomic mass is 35.5. The Morgan fingerprint density at radius 2 is 1.88 bits per heavy atom. The normalized spacial score (nSPS) is 26.3. The number of halogens is 1. The van der Waals surface area contributed by atoms with E-state index in [0.29, 0.717) is 29.3 Å². The van der Waals surface area contributed by atoms with Crippen molar-refractivity contribution in [3.63, 3.8) is 0 Å². The average molecular weight is 370 g/mol. The van der Waals surface area contributed by atoms with Gasteiger partial charge < -0.3 is 10.0 Å². The molecule has 1 aliphatic heterocycles. The number of amides is 1. The average Bonchev–Trinajstić information content (AvgIpc) is 2.59. The van der Waals surface area contributed by atoms with E-state index in [2.05, 4.69) is 26.8 Å². The molecule has 1 fully saturated rings. The van der Waals surface area contributed by atoms with Crippen LogP contribution in [0.1, 0.15) is 48.7 Å². The van der Waals surface area contributed by atoms with E-state index in [1.807, 2.05) is 23.1 Å². The number of benzene rings is 2. The lowest BCUT2D eigenvalue weighted by Crippen LogP contribution is -2.64. The van der Waals surface area contributed by atoms with Gasteiger partial charge in [-0.3, -0.25) is 4.79 Å². The van der Waals surface area contributed by atoms with Crippen molar-refractivity contribution in [2.24, 2.45) is 5.41 Å². The molecule has 0 spiro atoms. The summed E-state index contributed by atoms with van der Waals surface area (Å²) < 4.78 is 0. The molecule has 2 aliphatic rings. The number of likely N-dealkylation sites (tertiary alicyclic amines) is 1. The first kappa shape index (κ1) is 17.4. The highest BCUT2D eigenvalue weighted by Gasteiger charge is 2.57. The molecule has 0 saturated carbocycles. The van der Waals surface area contributed by atoms with Crippen molar-refractivity contribution in [3.05, 3.63) is 64.2 Å². The van der Waals surface area contributed by atoms with Crippen LogP contribution in [0.3, 0.4) is 0 Å². The lowest BCUT2D eigenvalue weighted by atomic mass is 9.51. The molecule has 2 aromatic carbocycles. The zero-order chi connectivity index (χ0) is 18.7. The van der Waals surface area contributed by atoms with Crippen molar-refractivity contribution in [1.82, 2.24) is 4.90 Å². The second kappa shape index (κ2) is 5.75. The van der Waals surface area contributed by atoms with Crippen LogP contribution in [0.4, 0.5) is 0 Å². The Bertz CT molecular complexity index is 891. The van der Waals surface area contributed by atoms with Gasteiger partial charge in [-0.05, 0) is 47.6 Å². The second-order valence-electron chi connectivity index (χ2n) is 8.31.